The van der Waals surface area contributed by atoms with Crippen LogP contribution in [0.5, 0.6) is 0 Å². The second kappa shape index (κ2) is 5.18. The van der Waals surface area contributed by atoms with Crippen molar-refractivity contribution in [3.63, 3.8) is 0 Å². The van der Waals surface area contributed by atoms with Crippen molar-refractivity contribution in [3.05, 3.63) is 24.2 Å². The van der Waals surface area contributed by atoms with E-state index in [-0.39, 0.29) is 12.1 Å². The van der Waals surface area contributed by atoms with E-state index in [0.717, 1.165) is 18.0 Å². The van der Waals surface area contributed by atoms with E-state index in [1.165, 1.54) is 0 Å². The first kappa shape index (κ1) is 13.2. The van der Waals surface area contributed by atoms with E-state index < -0.39 is 8.07 Å². The summed E-state index contributed by atoms with van der Waals surface area (Å²) in [5.74, 6) is 0.397. The fraction of sp³-hybridized carbons (Fsp3) is 0.615. The van der Waals surface area contributed by atoms with Crippen molar-refractivity contribution >= 4 is 14.2 Å². The molecule has 18 heavy (non-hydrogen) atoms. The van der Waals surface area contributed by atoms with Crippen LogP contribution in [0.4, 0.5) is 4.79 Å². The Hall–Kier alpha value is -1.23. The summed E-state index contributed by atoms with van der Waals surface area (Å²) in [6, 6.07) is 3.17. The molecule has 1 aromatic heterocycles. The Morgan fingerprint density at radius 2 is 2.33 bits per heavy atom. The van der Waals surface area contributed by atoms with Crippen LogP contribution in [-0.2, 0) is 4.74 Å². The van der Waals surface area contributed by atoms with Crippen LogP contribution in [0.2, 0.25) is 25.7 Å². The summed E-state index contributed by atoms with van der Waals surface area (Å²) < 4.78 is 10.2. The summed E-state index contributed by atoms with van der Waals surface area (Å²) in [6.45, 7) is 7.34. The number of carbonyl (C=O) groups is 1. The molecular weight excluding hydrogens is 246 g/mol. The Morgan fingerprint density at radius 3 is 2.94 bits per heavy atom. The number of carbonyl (C=O) groups excluding carboxylic acids is 1. The highest BCUT2D eigenvalue weighted by atomic mass is 28.3. The molecule has 1 aromatic rings. The van der Waals surface area contributed by atoms with Crippen molar-refractivity contribution in [3.8, 4) is 0 Å². The molecule has 2 atom stereocenters. The zero-order chi connectivity index (χ0) is 13.2. The summed E-state index contributed by atoms with van der Waals surface area (Å²) >= 11 is 0. The third-order valence-corrected chi connectivity index (χ3v) is 4.85. The predicted octanol–water partition coefficient (Wildman–Crippen LogP) is 3.20. The number of hydrogen-bond acceptors (Lipinski definition) is 3. The lowest BCUT2D eigenvalue weighted by atomic mass is 10.2. The van der Waals surface area contributed by atoms with Crippen LogP contribution >= 0.6 is 0 Å². The minimum Gasteiger partial charge on any atom is -0.472 e. The van der Waals surface area contributed by atoms with Gasteiger partial charge in [0.2, 0.25) is 0 Å². The first-order valence-corrected chi connectivity index (χ1v) is 10.1. The first-order valence-electron chi connectivity index (χ1n) is 6.41. The molecule has 0 saturated heterocycles. The first-order chi connectivity index (χ1) is 8.46. The molecule has 1 N–H and O–H groups in total. The van der Waals surface area contributed by atoms with Gasteiger partial charge >= 0.3 is 6.09 Å². The van der Waals surface area contributed by atoms with Crippen LogP contribution in [0.25, 0.3) is 0 Å². The van der Waals surface area contributed by atoms with Crippen LogP contribution in [0.15, 0.2) is 23.0 Å². The van der Waals surface area contributed by atoms with Gasteiger partial charge in [-0.2, -0.15) is 0 Å². The predicted molar refractivity (Wildman–Crippen MR) is 72.5 cm³/mol. The van der Waals surface area contributed by atoms with Gasteiger partial charge in [-0.15, -0.1) is 0 Å². The molecule has 1 saturated carbocycles. The van der Waals surface area contributed by atoms with Crippen molar-refractivity contribution in [2.45, 2.75) is 44.1 Å². The third kappa shape index (κ3) is 3.91. The van der Waals surface area contributed by atoms with Crippen LogP contribution in [-0.4, -0.2) is 26.8 Å². The topological polar surface area (TPSA) is 51.5 Å². The molecule has 1 aliphatic carbocycles. The number of furan rings is 1. The number of hydrogen-bond donors (Lipinski definition) is 1. The Labute approximate surface area is 109 Å². The molecule has 1 aliphatic rings. The Kier molecular flexibility index (Phi) is 3.80. The van der Waals surface area contributed by atoms with Crippen molar-refractivity contribution in [2.24, 2.45) is 0 Å². The number of amides is 1. The molecule has 2 rings (SSSR count). The Balaban J connectivity index is 1.65. The van der Waals surface area contributed by atoms with Gasteiger partial charge in [0.1, 0.15) is 0 Å². The summed E-state index contributed by atoms with van der Waals surface area (Å²) in [5, 5.41) is 2.89. The van der Waals surface area contributed by atoms with Crippen LogP contribution in [0.3, 0.4) is 0 Å². The van der Waals surface area contributed by atoms with Crippen molar-refractivity contribution in [1.29, 1.82) is 0 Å². The van der Waals surface area contributed by atoms with Crippen LogP contribution < -0.4 is 5.32 Å². The van der Waals surface area contributed by atoms with Gasteiger partial charge in [-0.25, -0.2) is 4.79 Å². The highest BCUT2D eigenvalue weighted by Crippen LogP contribution is 2.40. The lowest BCUT2D eigenvalue weighted by Gasteiger charge is -2.15. The van der Waals surface area contributed by atoms with Crippen molar-refractivity contribution < 1.29 is 13.9 Å². The molecule has 0 aromatic carbocycles. The standard InChI is InChI=1S/C13H21NO3Si/c1-18(2,3)7-6-17-13(15)14-12-8-11(12)10-4-5-16-9-10/h4-5,9,11-12H,6-8H2,1-3H3,(H,14,15). The van der Waals surface area contributed by atoms with Gasteiger partial charge in [0.05, 0.1) is 19.1 Å². The lowest BCUT2D eigenvalue weighted by molar-refractivity contribution is 0.151. The van der Waals surface area contributed by atoms with E-state index in [0.29, 0.717) is 12.5 Å². The molecule has 4 nitrogen and oxygen atoms in total. The Bertz CT molecular complexity index is 397. The minimum atomic E-state index is -1.12. The second-order valence-corrected chi connectivity index (χ2v) is 11.7. The highest BCUT2D eigenvalue weighted by molar-refractivity contribution is 6.76. The number of ether oxygens (including phenoxy) is 1. The molecule has 5 heteroatoms. The molecule has 0 spiro atoms. The highest BCUT2D eigenvalue weighted by Gasteiger charge is 2.40. The maximum Gasteiger partial charge on any atom is 0.407 e. The molecule has 0 bridgehead atoms. The van der Waals surface area contributed by atoms with Crippen molar-refractivity contribution in [1.82, 2.24) is 5.32 Å². The van der Waals surface area contributed by atoms with E-state index in [1.807, 2.05) is 6.07 Å². The van der Waals surface area contributed by atoms with Gasteiger partial charge in [0.25, 0.3) is 0 Å². The number of rotatable bonds is 5. The molecular formula is C13H21NO3Si. The van der Waals surface area contributed by atoms with Gasteiger partial charge in [-0.05, 0) is 24.1 Å². The quantitative estimate of drug-likeness (QED) is 0.833. The van der Waals surface area contributed by atoms with E-state index in [1.54, 1.807) is 12.5 Å². The second-order valence-electron chi connectivity index (χ2n) is 6.10. The van der Waals surface area contributed by atoms with Gasteiger partial charge in [-0.3, -0.25) is 0 Å². The van der Waals surface area contributed by atoms with Gasteiger partial charge in [0, 0.05) is 20.0 Å². The normalized spacial score (nSPS) is 22.6. The van der Waals surface area contributed by atoms with Crippen LogP contribution in [0, 0.1) is 0 Å². The zero-order valence-electron chi connectivity index (χ0n) is 11.2. The Morgan fingerprint density at radius 1 is 1.56 bits per heavy atom. The average molecular weight is 267 g/mol. The zero-order valence-corrected chi connectivity index (χ0v) is 12.2. The molecule has 0 radical (unpaired) electrons. The summed E-state index contributed by atoms with van der Waals surface area (Å²) in [5.41, 5.74) is 1.15. The van der Waals surface area contributed by atoms with Gasteiger partial charge in [-0.1, -0.05) is 19.6 Å². The maximum absolute atomic E-state index is 11.6. The van der Waals surface area contributed by atoms with E-state index in [4.69, 9.17) is 9.15 Å². The molecule has 1 amide bonds. The number of nitrogens with one attached hydrogen (secondary N) is 1. The van der Waals surface area contributed by atoms with E-state index >= 15 is 0 Å². The summed E-state index contributed by atoms with van der Waals surface area (Å²) in [7, 11) is -1.12. The SMILES string of the molecule is C[Si](C)(C)CCOC(=O)NC1CC1c1ccoc1. The lowest BCUT2D eigenvalue weighted by Crippen LogP contribution is -2.29. The smallest absolute Gasteiger partial charge is 0.407 e. The van der Waals surface area contributed by atoms with Crippen LogP contribution in [0.1, 0.15) is 17.9 Å². The van der Waals surface area contributed by atoms with Gasteiger partial charge in [0.15, 0.2) is 0 Å². The fourth-order valence-electron chi connectivity index (χ4n) is 1.85. The third-order valence-electron chi connectivity index (χ3n) is 3.15. The van der Waals surface area contributed by atoms with E-state index in [2.05, 4.69) is 25.0 Å². The molecule has 1 heterocycles. The summed E-state index contributed by atoms with van der Waals surface area (Å²) in [4.78, 5) is 11.6. The molecule has 1 fully saturated rings. The molecule has 0 aliphatic heterocycles. The summed E-state index contributed by atoms with van der Waals surface area (Å²) in [6.07, 6.45) is 4.09. The molecule has 100 valence electrons. The number of alkyl carbamates (subject to hydrolysis) is 1. The average Bonchev–Trinajstić information content (AvgIpc) is 2.80. The molecule has 2 unspecified atom stereocenters. The monoisotopic (exact) mass is 267 g/mol. The fourth-order valence-corrected chi connectivity index (χ4v) is 2.57. The maximum atomic E-state index is 11.6. The minimum absolute atomic E-state index is 0.210. The van der Waals surface area contributed by atoms with Crippen molar-refractivity contribution in [2.75, 3.05) is 6.61 Å². The van der Waals surface area contributed by atoms with Gasteiger partial charge < -0.3 is 14.5 Å². The largest absolute Gasteiger partial charge is 0.472 e. The van der Waals surface area contributed by atoms with E-state index in [9.17, 15) is 4.79 Å².